The van der Waals surface area contributed by atoms with Gasteiger partial charge in [-0.3, -0.25) is 4.79 Å². The summed E-state index contributed by atoms with van der Waals surface area (Å²) in [5.74, 6) is -0.0912. The van der Waals surface area contributed by atoms with Crippen LogP contribution in [-0.2, 0) is 0 Å². The van der Waals surface area contributed by atoms with Crippen LogP contribution < -0.4 is 10.1 Å². The summed E-state index contributed by atoms with van der Waals surface area (Å²) < 4.78 is 18.5. The summed E-state index contributed by atoms with van der Waals surface area (Å²) in [6.07, 6.45) is 3.23. The number of aryl methyl sites for hydroxylation is 2. The maximum Gasteiger partial charge on any atom is 0.321 e. The molecule has 4 aromatic rings. The molecule has 0 bridgehead atoms. The first-order chi connectivity index (χ1) is 15.0. The molecule has 1 N–H and O–H groups in total. The number of carbonyl (C=O) groups excluding carboxylic acids is 1. The highest BCUT2D eigenvalue weighted by molar-refractivity contribution is 6.05. The van der Waals surface area contributed by atoms with Crippen LogP contribution in [0.5, 0.6) is 11.8 Å². The number of benzene rings is 3. The Hall–Kier alpha value is -4.06. The molecule has 4 rings (SSSR count). The molecule has 0 unspecified atom stereocenters. The summed E-state index contributed by atoms with van der Waals surface area (Å²) in [5.41, 5.74) is 5.12. The van der Waals surface area contributed by atoms with E-state index in [9.17, 15) is 9.18 Å². The summed E-state index contributed by atoms with van der Waals surface area (Å²) in [6, 6.07) is 18.8. The van der Waals surface area contributed by atoms with E-state index in [1.807, 2.05) is 44.2 Å². The van der Waals surface area contributed by atoms with Crippen molar-refractivity contribution < 1.29 is 13.9 Å². The number of aromatic nitrogens is 2. The second-order valence-corrected chi connectivity index (χ2v) is 7.14. The second-order valence-electron chi connectivity index (χ2n) is 7.14. The highest BCUT2D eigenvalue weighted by atomic mass is 19.1. The molecule has 0 aliphatic heterocycles. The van der Waals surface area contributed by atoms with E-state index in [0.717, 1.165) is 22.4 Å². The Labute approximate surface area is 179 Å². The fourth-order valence-electron chi connectivity index (χ4n) is 2.99. The largest absolute Gasteiger partial charge is 0.424 e. The maximum atomic E-state index is 13.0. The van der Waals surface area contributed by atoms with E-state index in [4.69, 9.17) is 4.74 Å². The zero-order chi connectivity index (χ0) is 21.8. The minimum atomic E-state index is -0.343. The molecular weight excluding hydrogens is 393 g/mol. The number of carbonyl (C=O) groups is 1. The van der Waals surface area contributed by atoms with Gasteiger partial charge in [0.25, 0.3) is 5.91 Å². The smallest absolute Gasteiger partial charge is 0.321 e. The molecule has 5 nitrogen and oxygen atoms in total. The number of nitrogens with one attached hydrogen (secondary N) is 1. The molecule has 0 aliphatic carbocycles. The van der Waals surface area contributed by atoms with Crippen molar-refractivity contribution in [1.29, 1.82) is 0 Å². The molecule has 1 amide bonds. The average molecular weight is 413 g/mol. The first-order valence-electron chi connectivity index (χ1n) is 9.72. The van der Waals surface area contributed by atoms with Crippen molar-refractivity contribution in [3.8, 4) is 22.9 Å². The van der Waals surface area contributed by atoms with E-state index in [0.29, 0.717) is 11.3 Å². The predicted octanol–water partition coefficient (Wildman–Crippen LogP) is 5.94. The maximum absolute atomic E-state index is 13.0. The number of amides is 1. The van der Waals surface area contributed by atoms with Crippen molar-refractivity contribution in [1.82, 2.24) is 9.97 Å². The Kier molecular flexibility index (Phi) is 5.71. The van der Waals surface area contributed by atoms with Crippen LogP contribution >= 0.6 is 0 Å². The van der Waals surface area contributed by atoms with Crippen LogP contribution in [0, 0.1) is 19.7 Å². The number of nitrogens with zero attached hydrogens (tertiary/aromatic N) is 2. The van der Waals surface area contributed by atoms with Gasteiger partial charge in [-0.05, 0) is 79.1 Å². The van der Waals surface area contributed by atoms with Gasteiger partial charge in [0.05, 0.1) is 0 Å². The van der Waals surface area contributed by atoms with Gasteiger partial charge >= 0.3 is 6.01 Å². The number of anilines is 1. The zero-order valence-electron chi connectivity index (χ0n) is 17.1. The number of hydrogen-bond donors (Lipinski definition) is 1. The monoisotopic (exact) mass is 413 g/mol. The third-order valence-corrected chi connectivity index (χ3v) is 4.87. The summed E-state index contributed by atoms with van der Waals surface area (Å²) in [5, 5.41) is 2.93. The van der Waals surface area contributed by atoms with Gasteiger partial charge in [-0.2, -0.15) is 0 Å². The van der Waals surface area contributed by atoms with E-state index in [1.54, 1.807) is 24.5 Å². The molecule has 1 aromatic heterocycles. The molecule has 0 spiro atoms. The van der Waals surface area contributed by atoms with Gasteiger partial charge in [0, 0.05) is 29.2 Å². The van der Waals surface area contributed by atoms with Gasteiger partial charge in [0.1, 0.15) is 11.6 Å². The Morgan fingerprint density at radius 2 is 1.61 bits per heavy atom. The molecule has 154 valence electrons. The van der Waals surface area contributed by atoms with Crippen molar-refractivity contribution in [2.45, 2.75) is 13.8 Å². The Morgan fingerprint density at radius 1 is 0.871 bits per heavy atom. The van der Waals surface area contributed by atoms with Gasteiger partial charge in [-0.25, -0.2) is 14.4 Å². The Balaban J connectivity index is 1.48. The predicted molar refractivity (Wildman–Crippen MR) is 118 cm³/mol. The van der Waals surface area contributed by atoms with Crippen molar-refractivity contribution in [3.63, 3.8) is 0 Å². The lowest BCUT2D eigenvalue weighted by molar-refractivity contribution is 0.102. The zero-order valence-corrected chi connectivity index (χ0v) is 17.1. The number of halogens is 1. The third kappa shape index (κ3) is 4.93. The molecule has 3 aromatic carbocycles. The van der Waals surface area contributed by atoms with E-state index >= 15 is 0 Å². The van der Waals surface area contributed by atoms with Crippen molar-refractivity contribution in [3.05, 3.63) is 102 Å². The van der Waals surface area contributed by atoms with Crippen LogP contribution in [0.4, 0.5) is 10.1 Å². The van der Waals surface area contributed by atoms with Gasteiger partial charge in [-0.1, -0.05) is 18.2 Å². The SMILES string of the molecule is Cc1ccc(NC(=O)c2cccc(-c3cnc(Oc4ccc(F)cc4)nc3)c2)cc1C. The molecule has 31 heavy (non-hydrogen) atoms. The third-order valence-electron chi connectivity index (χ3n) is 4.87. The van der Waals surface area contributed by atoms with E-state index < -0.39 is 0 Å². The number of hydrogen-bond acceptors (Lipinski definition) is 4. The van der Waals surface area contributed by atoms with E-state index in [-0.39, 0.29) is 17.7 Å². The first-order valence-corrected chi connectivity index (χ1v) is 9.72. The molecule has 0 saturated carbocycles. The fraction of sp³-hybridized carbons (Fsp3) is 0.0800. The molecule has 0 aliphatic rings. The average Bonchev–Trinajstić information content (AvgIpc) is 2.78. The molecule has 0 radical (unpaired) electrons. The molecule has 6 heteroatoms. The summed E-state index contributed by atoms with van der Waals surface area (Å²) >= 11 is 0. The summed E-state index contributed by atoms with van der Waals surface area (Å²) in [4.78, 5) is 21.1. The van der Waals surface area contributed by atoms with Gasteiger partial charge in [0.15, 0.2) is 0 Å². The molecule has 0 fully saturated rings. The highest BCUT2D eigenvalue weighted by Crippen LogP contribution is 2.23. The first kappa shape index (κ1) is 20.2. The van der Waals surface area contributed by atoms with Crippen molar-refractivity contribution in [2.24, 2.45) is 0 Å². The molecule has 0 atom stereocenters. The van der Waals surface area contributed by atoms with Gasteiger partial charge in [0.2, 0.25) is 0 Å². The minimum absolute atomic E-state index is 0.152. The van der Waals surface area contributed by atoms with Crippen LogP contribution in [0.3, 0.4) is 0 Å². The topological polar surface area (TPSA) is 64.1 Å². The highest BCUT2D eigenvalue weighted by Gasteiger charge is 2.09. The fourth-order valence-corrected chi connectivity index (χ4v) is 2.99. The Morgan fingerprint density at radius 3 is 2.32 bits per heavy atom. The summed E-state index contributed by atoms with van der Waals surface area (Å²) in [6.45, 7) is 4.04. The lowest BCUT2D eigenvalue weighted by Crippen LogP contribution is -2.12. The van der Waals surface area contributed by atoms with Crippen molar-refractivity contribution in [2.75, 3.05) is 5.32 Å². The summed E-state index contributed by atoms with van der Waals surface area (Å²) in [7, 11) is 0. The number of ether oxygens (including phenoxy) is 1. The lowest BCUT2D eigenvalue weighted by Gasteiger charge is -2.09. The quantitative estimate of drug-likeness (QED) is 0.439. The van der Waals surface area contributed by atoms with E-state index in [2.05, 4.69) is 15.3 Å². The second kappa shape index (κ2) is 8.75. The molecule has 0 saturated heterocycles. The normalized spacial score (nSPS) is 10.5. The number of rotatable bonds is 5. The van der Waals surface area contributed by atoms with Crippen LogP contribution in [0.2, 0.25) is 0 Å². The van der Waals surface area contributed by atoms with Gasteiger partial charge in [-0.15, -0.1) is 0 Å². The van der Waals surface area contributed by atoms with Crippen LogP contribution in [-0.4, -0.2) is 15.9 Å². The van der Waals surface area contributed by atoms with Crippen LogP contribution in [0.25, 0.3) is 11.1 Å². The molecular formula is C25H20FN3O2. The van der Waals surface area contributed by atoms with Crippen molar-refractivity contribution >= 4 is 11.6 Å². The lowest BCUT2D eigenvalue weighted by atomic mass is 10.1. The van der Waals surface area contributed by atoms with E-state index in [1.165, 1.54) is 29.8 Å². The van der Waals surface area contributed by atoms with Crippen LogP contribution in [0.15, 0.2) is 79.1 Å². The standard InChI is InChI=1S/C25H20FN3O2/c1-16-6-9-22(12-17(16)2)29-24(30)19-5-3-4-18(13-19)20-14-27-25(28-15-20)31-23-10-7-21(26)8-11-23/h3-15H,1-2H3,(H,29,30). The Bertz CT molecular complexity index is 1220. The molecule has 1 heterocycles. The van der Waals surface area contributed by atoms with Gasteiger partial charge < -0.3 is 10.1 Å². The minimum Gasteiger partial charge on any atom is -0.424 e. The van der Waals surface area contributed by atoms with Crippen LogP contribution in [0.1, 0.15) is 21.5 Å².